The Morgan fingerprint density at radius 2 is 1.81 bits per heavy atom. The smallest absolute Gasteiger partial charge is 0.329 e. The first-order valence-electron chi connectivity index (χ1n) is 11.4. The molecule has 0 bridgehead atoms. The zero-order valence-electron chi connectivity index (χ0n) is 19.5. The Hall–Kier alpha value is -4.54. The summed E-state index contributed by atoms with van der Waals surface area (Å²) in [7, 11) is 1.48. The second-order valence-electron chi connectivity index (χ2n) is 8.33. The largest absolute Gasteiger partial charge is 0.496 e. The molecule has 36 heavy (non-hydrogen) atoms. The summed E-state index contributed by atoms with van der Waals surface area (Å²) in [5.74, 6) is 0.210. The van der Waals surface area contributed by atoms with Crippen LogP contribution < -0.4 is 20.9 Å². The minimum absolute atomic E-state index is 0.0288. The molecule has 1 amide bonds. The number of rotatable bonds is 5. The summed E-state index contributed by atoms with van der Waals surface area (Å²) in [6.45, 7) is 2.18. The van der Waals surface area contributed by atoms with Crippen molar-refractivity contribution in [1.29, 1.82) is 0 Å². The van der Waals surface area contributed by atoms with Crippen molar-refractivity contribution in [3.05, 3.63) is 92.6 Å². The minimum Gasteiger partial charge on any atom is -0.496 e. The number of aromatic amines is 1. The molecule has 0 saturated carbocycles. The van der Waals surface area contributed by atoms with Crippen LogP contribution in [0.5, 0.6) is 5.75 Å². The molecule has 0 unspecified atom stereocenters. The van der Waals surface area contributed by atoms with Gasteiger partial charge in [-0.15, -0.1) is 0 Å². The van der Waals surface area contributed by atoms with Crippen molar-refractivity contribution in [3.8, 4) is 5.75 Å². The van der Waals surface area contributed by atoms with Crippen LogP contribution in [0.25, 0.3) is 10.9 Å². The normalized spacial score (nSPS) is 13.7. The summed E-state index contributed by atoms with van der Waals surface area (Å²) in [5.41, 5.74) is -0.347. The minimum atomic E-state index is -0.791. The van der Waals surface area contributed by atoms with E-state index in [-0.39, 0.29) is 23.4 Å². The molecule has 3 heterocycles. The van der Waals surface area contributed by atoms with Gasteiger partial charge >= 0.3 is 5.69 Å². The number of hydrogen-bond donors (Lipinski definition) is 1. The first-order valence-corrected chi connectivity index (χ1v) is 11.4. The van der Waals surface area contributed by atoms with Crippen molar-refractivity contribution in [3.63, 3.8) is 0 Å². The van der Waals surface area contributed by atoms with E-state index < -0.39 is 17.1 Å². The van der Waals surface area contributed by atoms with E-state index in [0.717, 1.165) is 6.07 Å². The molecule has 184 valence electrons. The standard InChI is InChI=1S/C25H23FN6O4/c1-36-20-7-6-16(23(34)30-10-12-31(13-11-30)24-27-8-3-9-28-24)14-17(20)15-32-19-5-2-4-18(26)21(19)22(33)29-25(32)35/h2-9,14H,10-13,15H2,1H3,(H,29,33,35). The van der Waals surface area contributed by atoms with E-state index in [9.17, 15) is 18.8 Å². The second kappa shape index (κ2) is 9.61. The number of methoxy groups -OCH3 is 1. The Balaban J connectivity index is 1.42. The summed E-state index contributed by atoms with van der Waals surface area (Å²) in [4.78, 5) is 52.6. The number of hydrogen-bond acceptors (Lipinski definition) is 7. The van der Waals surface area contributed by atoms with Gasteiger partial charge in [0.05, 0.1) is 24.6 Å². The number of nitrogens with one attached hydrogen (secondary N) is 1. The highest BCUT2D eigenvalue weighted by Gasteiger charge is 2.24. The van der Waals surface area contributed by atoms with Crippen molar-refractivity contribution < 1.29 is 13.9 Å². The molecule has 1 N–H and O–H groups in total. The number of fused-ring (bicyclic) bond motifs is 1. The number of amides is 1. The SMILES string of the molecule is COc1ccc(C(=O)N2CCN(c3ncccn3)CC2)cc1Cn1c(=O)[nH]c(=O)c2c(F)cccc21. The molecule has 10 nitrogen and oxygen atoms in total. The Kier molecular flexibility index (Phi) is 6.19. The van der Waals surface area contributed by atoms with Crippen LogP contribution in [-0.4, -0.2) is 63.6 Å². The average molecular weight is 490 g/mol. The maximum Gasteiger partial charge on any atom is 0.329 e. The number of aromatic nitrogens is 4. The van der Waals surface area contributed by atoms with E-state index >= 15 is 0 Å². The predicted octanol–water partition coefficient (Wildman–Crippen LogP) is 1.64. The average Bonchev–Trinajstić information content (AvgIpc) is 2.91. The van der Waals surface area contributed by atoms with Gasteiger partial charge in [0.25, 0.3) is 11.5 Å². The topological polar surface area (TPSA) is 113 Å². The third kappa shape index (κ3) is 4.30. The van der Waals surface area contributed by atoms with Crippen LogP contribution in [0, 0.1) is 5.82 Å². The number of piperazine rings is 1. The fraction of sp³-hybridized carbons (Fsp3) is 0.240. The lowest BCUT2D eigenvalue weighted by Gasteiger charge is -2.34. The van der Waals surface area contributed by atoms with Crippen molar-refractivity contribution in [2.75, 3.05) is 38.2 Å². The fourth-order valence-electron chi connectivity index (χ4n) is 4.41. The predicted molar refractivity (Wildman–Crippen MR) is 131 cm³/mol. The molecule has 1 saturated heterocycles. The molecule has 0 spiro atoms. The van der Waals surface area contributed by atoms with Crippen LogP contribution in [-0.2, 0) is 6.54 Å². The molecule has 1 aliphatic rings. The van der Waals surface area contributed by atoms with Gasteiger partial charge in [0, 0.05) is 49.7 Å². The number of benzene rings is 2. The Labute approximate surface area is 204 Å². The van der Waals surface area contributed by atoms with E-state index in [1.54, 1.807) is 41.6 Å². The van der Waals surface area contributed by atoms with Crippen molar-refractivity contribution >= 4 is 22.8 Å². The van der Waals surface area contributed by atoms with Crippen LogP contribution >= 0.6 is 0 Å². The number of anilines is 1. The molecule has 2 aromatic carbocycles. The maximum absolute atomic E-state index is 14.3. The van der Waals surface area contributed by atoms with Crippen LogP contribution in [0.2, 0.25) is 0 Å². The van der Waals surface area contributed by atoms with Crippen LogP contribution in [0.1, 0.15) is 15.9 Å². The first-order chi connectivity index (χ1) is 17.5. The monoisotopic (exact) mass is 490 g/mol. The highest BCUT2D eigenvalue weighted by molar-refractivity contribution is 5.94. The third-order valence-corrected chi connectivity index (χ3v) is 6.23. The van der Waals surface area contributed by atoms with E-state index in [0.29, 0.717) is 49.0 Å². The highest BCUT2D eigenvalue weighted by atomic mass is 19.1. The van der Waals surface area contributed by atoms with Crippen molar-refractivity contribution in [2.45, 2.75) is 6.54 Å². The van der Waals surface area contributed by atoms with Crippen LogP contribution in [0.3, 0.4) is 0 Å². The van der Waals surface area contributed by atoms with E-state index in [2.05, 4.69) is 15.0 Å². The van der Waals surface area contributed by atoms with Gasteiger partial charge < -0.3 is 14.5 Å². The number of nitrogens with zero attached hydrogens (tertiary/aromatic N) is 5. The Morgan fingerprint density at radius 3 is 2.53 bits per heavy atom. The molecule has 1 fully saturated rings. The lowest BCUT2D eigenvalue weighted by molar-refractivity contribution is 0.0746. The first kappa shape index (κ1) is 23.2. The van der Waals surface area contributed by atoms with E-state index in [4.69, 9.17) is 4.74 Å². The Bertz CT molecular complexity index is 1540. The van der Waals surface area contributed by atoms with Gasteiger partial charge in [0.2, 0.25) is 5.95 Å². The van der Waals surface area contributed by atoms with Crippen molar-refractivity contribution in [2.24, 2.45) is 0 Å². The maximum atomic E-state index is 14.3. The van der Waals surface area contributed by atoms with Gasteiger partial charge in [-0.05, 0) is 36.4 Å². The summed E-state index contributed by atoms with van der Waals surface area (Å²) in [6, 6.07) is 10.9. The van der Waals surface area contributed by atoms with Crippen molar-refractivity contribution in [1.82, 2.24) is 24.4 Å². The number of carbonyl (C=O) groups is 1. The van der Waals surface area contributed by atoms with Gasteiger partial charge in [0.15, 0.2) is 0 Å². The molecule has 5 rings (SSSR count). The molecule has 2 aromatic heterocycles. The van der Waals surface area contributed by atoms with Gasteiger partial charge in [-0.25, -0.2) is 19.2 Å². The van der Waals surface area contributed by atoms with E-state index in [1.165, 1.54) is 23.8 Å². The molecule has 1 aliphatic heterocycles. The summed E-state index contributed by atoms with van der Waals surface area (Å²) >= 11 is 0. The van der Waals surface area contributed by atoms with Gasteiger partial charge in [-0.3, -0.25) is 19.1 Å². The summed E-state index contributed by atoms with van der Waals surface area (Å²) < 4.78 is 21.0. The molecule has 4 aromatic rings. The molecule has 11 heteroatoms. The molecular weight excluding hydrogens is 467 g/mol. The summed E-state index contributed by atoms with van der Waals surface area (Å²) in [6.07, 6.45) is 3.37. The molecule has 0 atom stereocenters. The van der Waals surface area contributed by atoms with Crippen LogP contribution in [0.4, 0.5) is 10.3 Å². The third-order valence-electron chi connectivity index (χ3n) is 6.23. The quantitative estimate of drug-likeness (QED) is 0.453. The molecule has 0 aliphatic carbocycles. The lowest BCUT2D eigenvalue weighted by Crippen LogP contribution is -2.49. The summed E-state index contributed by atoms with van der Waals surface area (Å²) in [5, 5.41) is -0.205. The molecular formula is C25H23FN6O4. The van der Waals surface area contributed by atoms with E-state index in [1.807, 2.05) is 4.90 Å². The number of halogens is 1. The van der Waals surface area contributed by atoms with Crippen LogP contribution in [0.15, 0.2) is 64.4 Å². The second-order valence-corrected chi connectivity index (χ2v) is 8.33. The zero-order chi connectivity index (χ0) is 25.2. The van der Waals surface area contributed by atoms with Gasteiger partial charge in [0.1, 0.15) is 11.6 Å². The van der Waals surface area contributed by atoms with Gasteiger partial charge in [-0.2, -0.15) is 0 Å². The van der Waals surface area contributed by atoms with Gasteiger partial charge in [-0.1, -0.05) is 6.07 Å². The zero-order valence-corrected chi connectivity index (χ0v) is 19.5. The number of carbonyl (C=O) groups excluding carboxylic acids is 1. The number of ether oxygens (including phenoxy) is 1. The molecule has 0 radical (unpaired) electrons. The highest BCUT2D eigenvalue weighted by Crippen LogP contribution is 2.23. The lowest BCUT2D eigenvalue weighted by atomic mass is 10.1. The Morgan fingerprint density at radius 1 is 1.06 bits per heavy atom. The fourth-order valence-corrected chi connectivity index (χ4v) is 4.41. The number of H-pyrrole nitrogens is 1.